The molecule has 1 aromatic carbocycles. The summed E-state index contributed by atoms with van der Waals surface area (Å²) in [5.41, 5.74) is 1.16. The molecule has 120 valence electrons. The molecule has 1 aromatic heterocycles. The minimum atomic E-state index is -0.546. The number of carbonyl (C=O) groups is 2. The molecule has 0 radical (unpaired) electrons. The predicted octanol–water partition coefficient (Wildman–Crippen LogP) is 3.07. The summed E-state index contributed by atoms with van der Waals surface area (Å²) in [6.07, 6.45) is 3.22. The van der Waals surface area contributed by atoms with Crippen molar-refractivity contribution in [3.63, 3.8) is 0 Å². The highest BCUT2D eigenvalue weighted by molar-refractivity contribution is 7.16. The van der Waals surface area contributed by atoms with Gasteiger partial charge in [-0.1, -0.05) is 30.3 Å². The van der Waals surface area contributed by atoms with Gasteiger partial charge in [-0.2, -0.15) is 0 Å². The van der Waals surface area contributed by atoms with Crippen LogP contribution in [-0.4, -0.2) is 24.4 Å². The van der Waals surface area contributed by atoms with E-state index in [1.54, 1.807) is 24.3 Å². The van der Waals surface area contributed by atoms with Crippen LogP contribution in [0, 0.1) is 0 Å². The molecule has 0 bridgehead atoms. The van der Waals surface area contributed by atoms with Crippen molar-refractivity contribution >= 4 is 29.2 Å². The van der Waals surface area contributed by atoms with Crippen molar-refractivity contribution in [1.82, 2.24) is 10.6 Å². The van der Waals surface area contributed by atoms with E-state index in [2.05, 4.69) is 22.8 Å². The van der Waals surface area contributed by atoms with E-state index in [-0.39, 0.29) is 11.8 Å². The van der Waals surface area contributed by atoms with Gasteiger partial charge in [-0.3, -0.25) is 9.59 Å². The maximum absolute atomic E-state index is 11.8. The van der Waals surface area contributed by atoms with Crippen LogP contribution in [0.1, 0.15) is 18.7 Å². The summed E-state index contributed by atoms with van der Waals surface area (Å²) >= 11 is 1.62. The number of carbonyl (C=O) groups excluding carboxylic acids is 2. The zero-order valence-corrected chi connectivity index (χ0v) is 14.0. The van der Waals surface area contributed by atoms with Gasteiger partial charge in [0, 0.05) is 22.4 Å². The van der Waals surface area contributed by atoms with Crippen molar-refractivity contribution < 1.29 is 9.59 Å². The molecular weight excluding hydrogens is 308 g/mol. The van der Waals surface area contributed by atoms with Gasteiger partial charge in [0.25, 0.3) is 0 Å². The molecule has 0 aliphatic heterocycles. The molecule has 0 saturated carbocycles. The summed E-state index contributed by atoms with van der Waals surface area (Å²) < 4.78 is 0. The maximum atomic E-state index is 11.8. The number of nitrogens with one attached hydrogen (secondary N) is 2. The predicted molar refractivity (Wildman–Crippen MR) is 95.1 cm³/mol. The van der Waals surface area contributed by atoms with Gasteiger partial charge in [-0.05, 0) is 37.6 Å². The van der Waals surface area contributed by atoms with Gasteiger partial charge in [0.2, 0.25) is 11.8 Å². The van der Waals surface area contributed by atoms with Gasteiger partial charge < -0.3 is 10.6 Å². The lowest BCUT2D eigenvalue weighted by molar-refractivity contribution is -0.126. The minimum Gasteiger partial charge on any atom is -0.355 e. The third-order valence-corrected chi connectivity index (χ3v) is 4.29. The fourth-order valence-electron chi connectivity index (χ4n) is 2.01. The average Bonchev–Trinajstić information content (AvgIpc) is 3.03. The molecule has 2 amide bonds. The first-order chi connectivity index (χ1) is 11.1. The fourth-order valence-corrected chi connectivity index (χ4v) is 2.93. The summed E-state index contributed by atoms with van der Waals surface area (Å²) in [6, 6.07) is 13.6. The first-order valence-corrected chi connectivity index (χ1v) is 8.33. The van der Waals surface area contributed by atoms with Gasteiger partial charge >= 0.3 is 0 Å². The molecule has 0 spiro atoms. The van der Waals surface area contributed by atoms with Gasteiger partial charge in [-0.25, -0.2) is 0 Å². The maximum Gasteiger partial charge on any atom is 0.244 e. The molecule has 1 unspecified atom stereocenters. The van der Waals surface area contributed by atoms with E-state index >= 15 is 0 Å². The Kier molecular flexibility index (Phi) is 6.11. The lowest BCUT2D eigenvalue weighted by Crippen LogP contribution is -2.44. The largest absolute Gasteiger partial charge is 0.355 e. The quantitative estimate of drug-likeness (QED) is 0.801. The third-order valence-electron chi connectivity index (χ3n) is 3.19. The number of thiophene rings is 1. The number of benzene rings is 1. The lowest BCUT2D eigenvalue weighted by Gasteiger charge is -2.11. The topological polar surface area (TPSA) is 58.2 Å². The van der Waals surface area contributed by atoms with Crippen molar-refractivity contribution in [3.8, 4) is 10.4 Å². The van der Waals surface area contributed by atoms with Crippen LogP contribution in [0.15, 0.2) is 48.5 Å². The second kappa shape index (κ2) is 8.29. The van der Waals surface area contributed by atoms with Crippen molar-refractivity contribution in [2.75, 3.05) is 6.54 Å². The molecule has 23 heavy (non-hydrogen) atoms. The van der Waals surface area contributed by atoms with Crippen LogP contribution >= 0.6 is 11.3 Å². The standard InChI is InChI=1S/C18H20N2O2S/c1-3-19-18(22)13(2)20-17(21)12-10-15-9-11-16(23-15)14-7-5-4-6-8-14/h4-13H,3H2,1-2H3,(H,19,22)(H,20,21). The molecular formula is C18H20N2O2S. The zero-order valence-electron chi connectivity index (χ0n) is 13.2. The van der Waals surface area contributed by atoms with Crippen molar-refractivity contribution in [2.24, 2.45) is 0 Å². The van der Waals surface area contributed by atoms with E-state index in [1.807, 2.05) is 37.3 Å². The molecule has 2 rings (SSSR count). The van der Waals surface area contributed by atoms with Crippen LogP contribution < -0.4 is 10.6 Å². The summed E-state index contributed by atoms with van der Waals surface area (Å²) in [6.45, 7) is 4.05. The molecule has 0 aliphatic carbocycles. The van der Waals surface area contributed by atoms with E-state index in [9.17, 15) is 9.59 Å². The van der Waals surface area contributed by atoms with Crippen LogP contribution in [0.25, 0.3) is 16.5 Å². The Morgan fingerprint density at radius 2 is 1.91 bits per heavy atom. The molecule has 4 nitrogen and oxygen atoms in total. The Morgan fingerprint density at radius 3 is 2.61 bits per heavy atom. The molecule has 0 saturated heterocycles. The van der Waals surface area contributed by atoms with Gasteiger partial charge in [0.1, 0.15) is 6.04 Å². The summed E-state index contributed by atoms with van der Waals surface area (Å²) in [4.78, 5) is 25.5. The molecule has 0 aliphatic rings. The Morgan fingerprint density at radius 1 is 1.17 bits per heavy atom. The first-order valence-electron chi connectivity index (χ1n) is 7.51. The number of hydrogen-bond donors (Lipinski definition) is 2. The molecule has 2 aromatic rings. The van der Waals surface area contributed by atoms with E-state index in [1.165, 1.54) is 6.08 Å². The summed E-state index contributed by atoms with van der Waals surface area (Å²) in [5, 5.41) is 5.31. The number of hydrogen-bond acceptors (Lipinski definition) is 3. The summed E-state index contributed by atoms with van der Waals surface area (Å²) in [5.74, 6) is -0.463. The number of amides is 2. The van der Waals surface area contributed by atoms with Crippen LogP contribution in [0.4, 0.5) is 0 Å². The van der Waals surface area contributed by atoms with Crippen LogP contribution in [0.2, 0.25) is 0 Å². The van der Waals surface area contributed by atoms with Gasteiger partial charge in [-0.15, -0.1) is 11.3 Å². The fraction of sp³-hybridized carbons (Fsp3) is 0.222. The van der Waals surface area contributed by atoms with Crippen LogP contribution in [0.5, 0.6) is 0 Å². The second-order valence-corrected chi connectivity index (χ2v) is 6.14. The minimum absolute atomic E-state index is 0.184. The van der Waals surface area contributed by atoms with E-state index in [0.29, 0.717) is 6.54 Å². The summed E-state index contributed by atoms with van der Waals surface area (Å²) in [7, 11) is 0. The SMILES string of the molecule is CCNC(=O)C(C)NC(=O)C=Cc1ccc(-c2ccccc2)s1. The molecule has 2 N–H and O–H groups in total. The smallest absolute Gasteiger partial charge is 0.244 e. The van der Waals surface area contributed by atoms with Crippen LogP contribution in [0.3, 0.4) is 0 Å². The number of rotatable bonds is 6. The first kappa shape index (κ1) is 17.0. The Labute approximate surface area is 140 Å². The normalized spacial score (nSPS) is 12.1. The number of likely N-dealkylation sites (N-methyl/N-ethyl adjacent to an activating group) is 1. The van der Waals surface area contributed by atoms with Crippen molar-refractivity contribution in [2.45, 2.75) is 19.9 Å². The van der Waals surface area contributed by atoms with Crippen molar-refractivity contribution in [3.05, 3.63) is 53.4 Å². The molecule has 5 heteroatoms. The molecule has 1 heterocycles. The van der Waals surface area contributed by atoms with E-state index < -0.39 is 6.04 Å². The zero-order chi connectivity index (χ0) is 16.7. The Balaban J connectivity index is 1.94. The molecule has 0 fully saturated rings. The highest BCUT2D eigenvalue weighted by Crippen LogP contribution is 2.28. The van der Waals surface area contributed by atoms with E-state index in [4.69, 9.17) is 0 Å². The highest BCUT2D eigenvalue weighted by atomic mass is 32.1. The monoisotopic (exact) mass is 328 g/mol. The van der Waals surface area contributed by atoms with Crippen LogP contribution in [-0.2, 0) is 9.59 Å². The van der Waals surface area contributed by atoms with Gasteiger partial charge in [0.05, 0.1) is 0 Å². The van der Waals surface area contributed by atoms with Gasteiger partial charge in [0.15, 0.2) is 0 Å². The Bertz CT molecular complexity index is 692. The average molecular weight is 328 g/mol. The lowest BCUT2D eigenvalue weighted by atomic mass is 10.2. The highest BCUT2D eigenvalue weighted by Gasteiger charge is 2.12. The third kappa shape index (κ3) is 5.07. The van der Waals surface area contributed by atoms with Crippen molar-refractivity contribution in [1.29, 1.82) is 0 Å². The molecule has 1 atom stereocenters. The Hall–Kier alpha value is -2.40. The second-order valence-electron chi connectivity index (χ2n) is 5.03. The van der Waals surface area contributed by atoms with E-state index in [0.717, 1.165) is 15.3 Å².